The molecule has 21 saturated heterocycles. The Labute approximate surface area is 457 Å². The van der Waals surface area contributed by atoms with Crippen LogP contribution in [0.2, 0.25) is 0 Å². The van der Waals surface area contributed by atoms with Crippen LogP contribution in [0.3, 0.4) is 0 Å². The van der Waals surface area contributed by atoms with Crippen LogP contribution >= 0.6 is 11.8 Å². The normalized spacial score (nSPS) is 53.7. The van der Waals surface area contributed by atoms with Gasteiger partial charge in [-0.25, -0.2) is 0 Å². The zero-order valence-electron chi connectivity index (χ0n) is 42.2. The van der Waals surface area contributed by atoms with Gasteiger partial charge in [0.15, 0.2) is 44.0 Å². The third-order valence-electron chi connectivity index (χ3n) is 15.1. The predicted molar refractivity (Wildman–Crippen MR) is 248 cm³/mol. The summed E-state index contributed by atoms with van der Waals surface area (Å²) in [6.07, 6.45) is -68.7. The highest BCUT2D eigenvalue weighted by molar-refractivity contribution is 7.99. The van der Waals surface area contributed by atoms with Gasteiger partial charge in [0.05, 0.1) is 45.7 Å². The standard InChI is InChI=1S/C44H75NO34S/c45-1-2-80-9-16-37-23(58)30(65)44(72-16)78-36-15(8-51)70-42(28(63)21(36)56)76-34-13(6-49)68-40(26(61)19(34)54)74-32-11(4-47)66-38(24(59)17(32)52)73-31-10(3-46)67-39(25(60)18(31)53)75-33-12(5-48)69-41(27(62)20(33)55)77-35-14(7-50)71-43(79-37)29(64)22(35)57/h10-44,46-65H,1-9,45H2/t10-,11-,12-,13-,14-,15-,16-,17-,18-,19-,20-,21-,22-,23-,24-,25-,26-,27-,28-,29-,30-,31-,32-,33-,34-,35-,36-,37-,38-,39-,40-,41-,42-,43-,44-/m1/s1. The number of aliphatic hydroxyl groups excluding tert-OH is 20. The fourth-order valence-corrected chi connectivity index (χ4v) is 11.5. The first-order valence-corrected chi connectivity index (χ1v) is 26.9. The molecule has 0 unspecified atom stereocenters. The van der Waals surface area contributed by atoms with E-state index < -0.39 is 255 Å². The second-order valence-corrected chi connectivity index (χ2v) is 21.5. The van der Waals surface area contributed by atoms with E-state index in [0.717, 1.165) is 11.8 Å². The van der Waals surface area contributed by atoms with Crippen LogP contribution in [0.5, 0.6) is 0 Å². The minimum absolute atomic E-state index is 0.105. The molecule has 21 heterocycles. The molecule has 35 nitrogen and oxygen atoms in total. The molecule has 22 N–H and O–H groups in total. The van der Waals surface area contributed by atoms with E-state index in [-0.39, 0.29) is 12.3 Å². The van der Waals surface area contributed by atoms with Gasteiger partial charge >= 0.3 is 0 Å². The highest BCUT2D eigenvalue weighted by Gasteiger charge is 2.59. The van der Waals surface area contributed by atoms with Crippen LogP contribution in [-0.4, -0.2) is 375 Å². The molecule has 21 rings (SSSR count). The molecule has 0 saturated carbocycles. The van der Waals surface area contributed by atoms with Crippen molar-refractivity contribution in [2.75, 3.05) is 57.7 Å². The molecule has 466 valence electrons. The SMILES string of the molecule is NCCSC[C@H]1O[C@@H]2O[C@H]3[C@H](O)[C@@H](O)[C@@H](O[C@H]4[C@H](O)[C@@H](O)[C@@H](O[C@H]5[C@H](O)[C@@H](O)[C@@H](O[C@H]6[C@H](O)[C@@H](O)[C@@H](O[C@H]7[C@H](O)[C@@H](O)[C@@H](O[C@H]8[C@H](O)[C@@H](O)[C@@H](O[C@H]1[C@H](O)[C@H]2O)O[C@@H]8CO)O[C@@H]7CO)O[C@@H]6CO)O[C@@H]5CO)O[C@@H]4CO)O[C@@H]3CO. The van der Waals surface area contributed by atoms with Crippen molar-refractivity contribution in [1.29, 1.82) is 0 Å². The molecule has 80 heavy (non-hydrogen) atoms. The van der Waals surface area contributed by atoms with E-state index in [4.69, 9.17) is 72.0 Å². The quantitative estimate of drug-likeness (QED) is 0.0903. The lowest BCUT2D eigenvalue weighted by Crippen LogP contribution is -2.68. The molecule has 14 bridgehead atoms. The first kappa shape index (κ1) is 64.9. The summed E-state index contributed by atoms with van der Waals surface area (Å²) in [5, 5.41) is 222. The minimum Gasteiger partial charge on any atom is -0.394 e. The summed E-state index contributed by atoms with van der Waals surface area (Å²) in [5.74, 6) is 0.189. The molecule has 0 aromatic heterocycles. The van der Waals surface area contributed by atoms with E-state index in [9.17, 15) is 102 Å². The van der Waals surface area contributed by atoms with Crippen molar-refractivity contribution in [3.8, 4) is 0 Å². The third kappa shape index (κ3) is 13.1. The summed E-state index contributed by atoms with van der Waals surface area (Å²) >= 11 is 1.15. The van der Waals surface area contributed by atoms with Gasteiger partial charge in [0.1, 0.15) is 165 Å². The summed E-state index contributed by atoms with van der Waals surface area (Å²) in [6.45, 7) is -6.03. The highest BCUT2D eigenvalue weighted by Crippen LogP contribution is 2.39. The second kappa shape index (κ2) is 28.2. The molecule has 21 aliphatic rings. The maximum Gasteiger partial charge on any atom is 0.187 e. The molecule has 36 heteroatoms. The molecule has 21 fully saturated rings. The Hall–Kier alpha value is -1.05. The Morgan fingerprint density at radius 2 is 0.400 bits per heavy atom. The smallest absolute Gasteiger partial charge is 0.187 e. The van der Waals surface area contributed by atoms with E-state index in [1.807, 2.05) is 0 Å². The van der Waals surface area contributed by atoms with Gasteiger partial charge in [0, 0.05) is 18.1 Å². The van der Waals surface area contributed by atoms with Gasteiger partial charge in [-0.05, 0) is 0 Å². The van der Waals surface area contributed by atoms with Gasteiger partial charge in [-0.15, -0.1) is 0 Å². The Morgan fingerprint density at radius 1 is 0.237 bits per heavy atom. The molecular weight excluding hydrogens is 1120 g/mol. The highest BCUT2D eigenvalue weighted by atomic mass is 32.2. The average molecular weight is 1190 g/mol. The Morgan fingerprint density at radius 3 is 0.562 bits per heavy atom. The van der Waals surface area contributed by atoms with Crippen molar-refractivity contribution < 1.29 is 168 Å². The van der Waals surface area contributed by atoms with Crippen molar-refractivity contribution in [1.82, 2.24) is 0 Å². The first-order chi connectivity index (χ1) is 38.2. The fourth-order valence-electron chi connectivity index (χ4n) is 10.7. The summed E-state index contributed by atoms with van der Waals surface area (Å²) in [7, 11) is 0. The molecule has 0 amide bonds. The second-order valence-electron chi connectivity index (χ2n) is 20.3. The minimum atomic E-state index is -2.20. The van der Waals surface area contributed by atoms with Gasteiger partial charge in [-0.2, -0.15) is 11.8 Å². The average Bonchev–Trinajstić information content (AvgIpc) is 3.50. The number of ether oxygens (including phenoxy) is 14. The number of rotatable bonds is 10. The fraction of sp³-hybridized carbons (Fsp3) is 1.00. The van der Waals surface area contributed by atoms with E-state index in [1.54, 1.807) is 0 Å². The van der Waals surface area contributed by atoms with E-state index in [1.165, 1.54) is 0 Å². The zero-order valence-corrected chi connectivity index (χ0v) is 43.0. The predicted octanol–water partition coefficient (Wildman–Crippen LogP) is -14.5. The number of aliphatic hydroxyl groups is 20. The molecular formula is C44H75NO34S. The van der Waals surface area contributed by atoms with E-state index in [0.29, 0.717) is 5.75 Å². The van der Waals surface area contributed by atoms with Crippen LogP contribution in [0.15, 0.2) is 0 Å². The van der Waals surface area contributed by atoms with Crippen molar-refractivity contribution in [3.63, 3.8) is 0 Å². The topological polar surface area (TPSA) is 560 Å². The Balaban J connectivity index is 1.09. The number of nitrogens with two attached hydrogens (primary N) is 1. The molecule has 0 spiro atoms. The van der Waals surface area contributed by atoms with Crippen molar-refractivity contribution in [3.05, 3.63) is 0 Å². The third-order valence-corrected chi connectivity index (χ3v) is 16.2. The number of thioether (sulfide) groups is 1. The van der Waals surface area contributed by atoms with Crippen LogP contribution in [0, 0.1) is 0 Å². The van der Waals surface area contributed by atoms with Gasteiger partial charge < -0.3 is 174 Å². The Kier molecular flexibility index (Phi) is 22.9. The van der Waals surface area contributed by atoms with Crippen LogP contribution < -0.4 is 5.73 Å². The Bertz CT molecular complexity index is 1880. The van der Waals surface area contributed by atoms with Gasteiger partial charge in [0.2, 0.25) is 0 Å². The lowest BCUT2D eigenvalue weighted by atomic mass is 9.95. The van der Waals surface area contributed by atoms with E-state index >= 15 is 0 Å². The van der Waals surface area contributed by atoms with Gasteiger partial charge in [0.25, 0.3) is 0 Å². The summed E-state index contributed by atoms with van der Waals surface area (Å²) in [4.78, 5) is 0. The van der Waals surface area contributed by atoms with Crippen LogP contribution in [0.4, 0.5) is 0 Å². The maximum atomic E-state index is 11.6. The summed E-state index contributed by atoms with van der Waals surface area (Å²) < 4.78 is 80.8. The lowest BCUT2D eigenvalue weighted by Gasteiger charge is -2.50. The molecule has 0 aliphatic carbocycles. The molecule has 0 aromatic rings. The van der Waals surface area contributed by atoms with Crippen LogP contribution in [-0.2, 0) is 66.3 Å². The van der Waals surface area contributed by atoms with Crippen molar-refractivity contribution >= 4 is 11.8 Å². The number of hydrogen-bond acceptors (Lipinski definition) is 36. The van der Waals surface area contributed by atoms with E-state index in [2.05, 4.69) is 0 Å². The van der Waals surface area contributed by atoms with Gasteiger partial charge in [-0.1, -0.05) is 0 Å². The molecule has 0 aromatic carbocycles. The largest absolute Gasteiger partial charge is 0.394 e. The zero-order chi connectivity index (χ0) is 58.2. The van der Waals surface area contributed by atoms with Crippen molar-refractivity contribution in [2.45, 2.75) is 215 Å². The van der Waals surface area contributed by atoms with Crippen molar-refractivity contribution in [2.24, 2.45) is 5.73 Å². The first-order valence-electron chi connectivity index (χ1n) is 25.8. The summed E-state index contributed by atoms with van der Waals surface area (Å²) in [5.41, 5.74) is 5.70. The maximum absolute atomic E-state index is 11.6. The monoisotopic (exact) mass is 1190 g/mol. The van der Waals surface area contributed by atoms with Crippen LogP contribution in [0.25, 0.3) is 0 Å². The summed E-state index contributed by atoms with van der Waals surface area (Å²) in [6, 6.07) is 0. The number of hydrogen-bond donors (Lipinski definition) is 21. The van der Waals surface area contributed by atoms with Crippen LogP contribution in [0.1, 0.15) is 0 Å². The lowest BCUT2D eigenvalue weighted by molar-refractivity contribution is -0.396. The van der Waals surface area contributed by atoms with Gasteiger partial charge in [-0.3, -0.25) is 0 Å². The molecule has 35 atom stereocenters. The molecule has 0 radical (unpaired) electrons. The molecule has 21 aliphatic heterocycles.